The number of hydrogen-bond acceptors (Lipinski definition) is 3. The molecule has 27 heavy (non-hydrogen) atoms. The molecule has 0 unspecified atom stereocenters. The summed E-state index contributed by atoms with van der Waals surface area (Å²) in [5.41, 5.74) is 3.15. The number of aromatic nitrogens is 1. The third kappa shape index (κ3) is 1.77. The van der Waals surface area contributed by atoms with Gasteiger partial charge in [0.05, 0.1) is 17.1 Å². The highest BCUT2D eigenvalue weighted by atomic mass is 16.3. The zero-order valence-corrected chi connectivity index (χ0v) is 14.2. The van der Waals surface area contributed by atoms with E-state index in [1.165, 1.54) is 0 Å². The molecule has 0 saturated carbocycles. The van der Waals surface area contributed by atoms with Gasteiger partial charge in [-0.25, -0.2) is 0 Å². The molecule has 0 spiro atoms. The van der Waals surface area contributed by atoms with Crippen LogP contribution in [0.4, 0.5) is 0 Å². The Labute approximate surface area is 154 Å². The lowest BCUT2D eigenvalue weighted by atomic mass is 9.95. The van der Waals surface area contributed by atoms with Gasteiger partial charge in [0.15, 0.2) is 0 Å². The van der Waals surface area contributed by atoms with Crippen LogP contribution in [0.5, 0.6) is 0 Å². The lowest BCUT2D eigenvalue weighted by Gasteiger charge is -2.09. The Morgan fingerprint density at radius 3 is 2.41 bits per heavy atom. The molecule has 124 valence electrons. The molecule has 0 radical (unpaired) electrons. The van der Waals surface area contributed by atoms with Crippen LogP contribution < -0.4 is 0 Å². The van der Waals surface area contributed by atoms with Crippen LogP contribution in [0.2, 0.25) is 0 Å². The monoisotopic (exact) mass is 344 g/mol. The van der Waals surface area contributed by atoms with Crippen molar-refractivity contribution in [2.75, 3.05) is 0 Å². The van der Waals surface area contributed by atoms with E-state index >= 15 is 0 Å². The summed E-state index contributed by atoms with van der Waals surface area (Å²) >= 11 is 0. The van der Waals surface area contributed by atoms with Crippen molar-refractivity contribution in [1.82, 2.24) is 4.98 Å². The Kier molecular flexibility index (Phi) is 2.68. The first kappa shape index (κ1) is 14.3. The smallest absolute Gasteiger partial charge is 0.143 e. The minimum atomic E-state index is 0.633. The van der Waals surface area contributed by atoms with Gasteiger partial charge in [-0.15, -0.1) is 0 Å². The molecule has 0 aliphatic rings. The van der Waals surface area contributed by atoms with Gasteiger partial charge < -0.3 is 4.42 Å². The van der Waals surface area contributed by atoms with Crippen molar-refractivity contribution in [3.05, 3.63) is 78.5 Å². The van der Waals surface area contributed by atoms with Crippen molar-refractivity contribution in [1.29, 1.82) is 5.26 Å². The van der Waals surface area contributed by atoms with Gasteiger partial charge in [0.1, 0.15) is 11.2 Å². The van der Waals surface area contributed by atoms with Crippen molar-refractivity contribution >= 4 is 54.4 Å². The molecular weight excluding hydrogens is 332 g/mol. The molecule has 6 aromatic rings. The van der Waals surface area contributed by atoms with Crippen LogP contribution in [0.25, 0.3) is 54.4 Å². The first-order valence-electron chi connectivity index (χ1n) is 8.80. The first-order valence-corrected chi connectivity index (χ1v) is 8.80. The van der Waals surface area contributed by atoms with Crippen molar-refractivity contribution in [2.45, 2.75) is 0 Å². The summed E-state index contributed by atoms with van der Waals surface area (Å²) in [7, 11) is 0. The van der Waals surface area contributed by atoms with Gasteiger partial charge in [0.2, 0.25) is 0 Å². The molecule has 2 aromatic heterocycles. The average molecular weight is 344 g/mol. The average Bonchev–Trinajstić information content (AvgIpc) is 3.12. The molecule has 0 atom stereocenters. The second-order valence-corrected chi connectivity index (χ2v) is 6.70. The van der Waals surface area contributed by atoms with Crippen molar-refractivity contribution in [3.8, 4) is 6.07 Å². The van der Waals surface area contributed by atoms with Gasteiger partial charge in [0, 0.05) is 33.1 Å². The van der Waals surface area contributed by atoms with Crippen LogP contribution >= 0.6 is 0 Å². The summed E-state index contributed by atoms with van der Waals surface area (Å²) in [6.07, 6.45) is 1.83. The molecule has 3 nitrogen and oxygen atoms in total. The van der Waals surface area contributed by atoms with Crippen molar-refractivity contribution < 1.29 is 4.42 Å². The predicted octanol–water partition coefficient (Wildman–Crippen LogP) is 6.31. The van der Waals surface area contributed by atoms with Gasteiger partial charge in [-0.2, -0.15) is 5.26 Å². The Morgan fingerprint density at radius 1 is 0.704 bits per heavy atom. The quantitative estimate of drug-likeness (QED) is 0.303. The van der Waals surface area contributed by atoms with E-state index in [2.05, 4.69) is 41.4 Å². The van der Waals surface area contributed by atoms with E-state index < -0.39 is 0 Å². The van der Waals surface area contributed by atoms with Crippen LogP contribution in [0.1, 0.15) is 5.56 Å². The maximum Gasteiger partial charge on any atom is 0.143 e. The number of hydrogen-bond donors (Lipinski definition) is 0. The van der Waals surface area contributed by atoms with Crippen molar-refractivity contribution in [2.24, 2.45) is 0 Å². The highest BCUT2D eigenvalue weighted by Crippen LogP contribution is 2.41. The molecule has 2 heterocycles. The molecule has 0 saturated heterocycles. The first-order chi connectivity index (χ1) is 13.4. The molecule has 0 bridgehead atoms. The lowest BCUT2D eigenvalue weighted by molar-refractivity contribution is 0.673. The fourth-order valence-electron chi connectivity index (χ4n) is 4.22. The van der Waals surface area contributed by atoms with E-state index in [-0.39, 0.29) is 0 Å². The predicted molar refractivity (Wildman–Crippen MR) is 109 cm³/mol. The fraction of sp³-hybridized carbons (Fsp3) is 0. The van der Waals surface area contributed by atoms with Crippen LogP contribution in [0.15, 0.2) is 77.3 Å². The summed E-state index contributed by atoms with van der Waals surface area (Å²) in [5, 5.41) is 16.9. The van der Waals surface area contributed by atoms with Gasteiger partial charge in [-0.1, -0.05) is 42.5 Å². The van der Waals surface area contributed by atoms with Crippen LogP contribution in [-0.2, 0) is 0 Å². The molecule has 0 fully saturated rings. The van der Waals surface area contributed by atoms with Crippen LogP contribution in [0, 0.1) is 11.3 Å². The van der Waals surface area contributed by atoms with E-state index in [0.717, 1.165) is 54.4 Å². The lowest BCUT2D eigenvalue weighted by Crippen LogP contribution is -1.86. The highest BCUT2D eigenvalue weighted by molar-refractivity contribution is 6.31. The number of nitrogens with zero attached hydrogens (tertiary/aromatic N) is 2. The molecule has 6 rings (SSSR count). The van der Waals surface area contributed by atoms with Gasteiger partial charge in [0.25, 0.3) is 0 Å². The Bertz CT molecular complexity index is 1550. The van der Waals surface area contributed by atoms with E-state index in [9.17, 15) is 5.26 Å². The molecular formula is C24H12N2O. The summed E-state index contributed by atoms with van der Waals surface area (Å²) in [5.74, 6) is 0. The zero-order valence-electron chi connectivity index (χ0n) is 14.2. The minimum Gasteiger partial charge on any atom is -0.455 e. The number of pyridine rings is 1. The normalized spacial score (nSPS) is 11.7. The fourth-order valence-corrected chi connectivity index (χ4v) is 4.22. The SMILES string of the molecule is N#Cc1cccc2oc3c(ccc4c5ccccc5c5ncccc5c43)c12. The number of benzene rings is 4. The largest absolute Gasteiger partial charge is 0.455 e. The molecule has 0 N–H and O–H groups in total. The van der Waals surface area contributed by atoms with Gasteiger partial charge >= 0.3 is 0 Å². The van der Waals surface area contributed by atoms with Gasteiger partial charge in [-0.05, 0) is 35.0 Å². The summed E-state index contributed by atoms with van der Waals surface area (Å²) in [4.78, 5) is 4.66. The van der Waals surface area contributed by atoms with Crippen LogP contribution in [0.3, 0.4) is 0 Å². The maximum absolute atomic E-state index is 9.54. The molecule has 0 amide bonds. The molecule has 4 aromatic carbocycles. The number of nitriles is 1. The van der Waals surface area contributed by atoms with Crippen molar-refractivity contribution in [3.63, 3.8) is 0 Å². The molecule has 0 aliphatic carbocycles. The Morgan fingerprint density at radius 2 is 1.52 bits per heavy atom. The van der Waals surface area contributed by atoms with E-state index in [4.69, 9.17) is 4.42 Å². The third-order valence-electron chi connectivity index (χ3n) is 5.34. The van der Waals surface area contributed by atoms with E-state index in [1.54, 1.807) is 0 Å². The third-order valence-corrected chi connectivity index (χ3v) is 5.34. The maximum atomic E-state index is 9.54. The standard InChI is InChI=1S/C24H12N2O/c25-13-14-5-3-9-20-21(14)19-11-10-16-15-6-1-2-7-17(15)23-18(8-4-12-26-23)22(16)24(19)27-20/h1-12H. The second kappa shape index (κ2) is 5.06. The van der Waals surface area contributed by atoms with E-state index in [1.807, 2.05) is 42.6 Å². The minimum absolute atomic E-state index is 0.633. The zero-order chi connectivity index (χ0) is 18.0. The highest BCUT2D eigenvalue weighted by Gasteiger charge is 2.17. The summed E-state index contributed by atoms with van der Waals surface area (Å²) < 4.78 is 6.29. The molecule has 3 heteroatoms. The number of rotatable bonds is 0. The Hall–Kier alpha value is -3.90. The Balaban J connectivity index is 1.99. The number of furan rings is 1. The second-order valence-electron chi connectivity index (χ2n) is 6.70. The number of fused-ring (bicyclic) bond motifs is 10. The van der Waals surface area contributed by atoms with E-state index in [0.29, 0.717) is 5.56 Å². The van der Waals surface area contributed by atoms with Gasteiger partial charge in [-0.3, -0.25) is 4.98 Å². The molecule has 0 aliphatic heterocycles. The topological polar surface area (TPSA) is 49.8 Å². The summed E-state index contributed by atoms with van der Waals surface area (Å²) in [6, 6.07) is 24.5. The summed E-state index contributed by atoms with van der Waals surface area (Å²) in [6.45, 7) is 0. The van der Waals surface area contributed by atoms with Crippen LogP contribution in [-0.4, -0.2) is 4.98 Å².